The van der Waals surface area contributed by atoms with Gasteiger partial charge in [0.05, 0.1) is 17.4 Å². The Bertz CT molecular complexity index is 983. The summed E-state index contributed by atoms with van der Waals surface area (Å²) in [4.78, 5) is 15.7. The maximum Gasteiger partial charge on any atom is 0.387 e. The summed E-state index contributed by atoms with van der Waals surface area (Å²) in [7, 11) is 0. The SMILES string of the molecule is CC(=O)NC1CCCC(N(N)c2cc(Cc3cc(F)cc(OC(F)F)c3)ccn2)=C1N. The van der Waals surface area contributed by atoms with Gasteiger partial charge in [0.15, 0.2) is 0 Å². The van der Waals surface area contributed by atoms with Gasteiger partial charge in [-0.25, -0.2) is 15.2 Å². The molecule has 3 rings (SSSR count). The average Bonchev–Trinajstić information content (AvgIpc) is 2.68. The van der Waals surface area contributed by atoms with Crippen LogP contribution in [0.1, 0.15) is 37.3 Å². The number of nitrogens with one attached hydrogen (secondary N) is 1. The van der Waals surface area contributed by atoms with Crippen molar-refractivity contribution in [1.82, 2.24) is 10.3 Å². The molecule has 10 heteroatoms. The quantitative estimate of drug-likeness (QED) is 0.456. The molecule has 0 bridgehead atoms. The number of nitrogens with two attached hydrogens (primary N) is 2. The smallest absolute Gasteiger partial charge is 0.387 e. The van der Waals surface area contributed by atoms with Crippen molar-refractivity contribution in [3.8, 4) is 5.75 Å². The number of ether oxygens (including phenoxy) is 1. The normalized spacial score (nSPS) is 16.4. The second kappa shape index (κ2) is 9.69. The highest BCUT2D eigenvalue weighted by Crippen LogP contribution is 2.27. The first kappa shape index (κ1) is 22.4. The van der Waals surface area contributed by atoms with Gasteiger partial charge in [-0.05, 0) is 61.1 Å². The Morgan fingerprint density at radius 3 is 2.81 bits per heavy atom. The maximum atomic E-state index is 13.8. The molecule has 0 saturated carbocycles. The molecule has 1 amide bonds. The zero-order chi connectivity index (χ0) is 22.5. The number of benzene rings is 1. The van der Waals surface area contributed by atoms with Crippen LogP contribution in [0.25, 0.3) is 0 Å². The van der Waals surface area contributed by atoms with E-state index in [9.17, 15) is 18.0 Å². The van der Waals surface area contributed by atoms with Crippen LogP contribution in [0, 0.1) is 5.82 Å². The van der Waals surface area contributed by atoms with E-state index >= 15 is 0 Å². The summed E-state index contributed by atoms with van der Waals surface area (Å²) in [6, 6.07) is 6.64. The number of hydrogen-bond acceptors (Lipinski definition) is 6. The number of hydrogen-bond donors (Lipinski definition) is 3. The highest BCUT2D eigenvalue weighted by molar-refractivity contribution is 5.73. The molecule has 7 nitrogen and oxygen atoms in total. The van der Waals surface area contributed by atoms with Gasteiger partial charge in [0.25, 0.3) is 0 Å². The number of alkyl halides is 2. The van der Waals surface area contributed by atoms with E-state index in [1.165, 1.54) is 24.1 Å². The van der Waals surface area contributed by atoms with Crippen LogP contribution in [-0.4, -0.2) is 23.5 Å². The zero-order valence-electron chi connectivity index (χ0n) is 16.9. The van der Waals surface area contributed by atoms with Gasteiger partial charge in [0, 0.05) is 19.2 Å². The summed E-state index contributed by atoms with van der Waals surface area (Å²) < 4.78 is 43.0. The Morgan fingerprint density at radius 2 is 2.10 bits per heavy atom. The highest BCUT2D eigenvalue weighted by Gasteiger charge is 2.25. The predicted octanol–water partition coefficient (Wildman–Crippen LogP) is 2.95. The molecule has 166 valence electrons. The fourth-order valence-electron chi connectivity index (χ4n) is 3.60. The number of rotatable bonds is 7. The molecule has 1 aliphatic rings. The third-order valence-electron chi connectivity index (χ3n) is 4.90. The van der Waals surface area contributed by atoms with Crippen molar-refractivity contribution in [2.75, 3.05) is 5.01 Å². The molecule has 0 aliphatic heterocycles. The molecule has 0 saturated heterocycles. The van der Waals surface area contributed by atoms with Crippen LogP contribution in [0.3, 0.4) is 0 Å². The molecule has 1 atom stereocenters. The van der Waals surface area contributed by atoms with Gasteiger partial charge >= 0.3 is 6.61 Å². The summed E-state index contributed by atoms with van der Waals surface area (Å²) in [5.74, 6) is 5.59. The molecule has 1 aromatic heterocycles. The van der Waals surface area contributed by atoms with E-state index in [0.29, 0.717) is 29.2 Å². The Morgan fingerprint density at radius 1 is 1.32 bits per heavy atom. The Hall–Kier alpha value is -3.27. The molecule has 1 aromatic carbocycles. The van der Waals surface area contributed by atoms with Crippen LogP contribution in [-0.2, 0) is 11.2 Å². The fraction of sp³-hybridized carbons (Fsp3) is 0.333. The van der Waals surface area contributed by atoms with Gasteiger partial charge in [0.2, 0.25) is 5.91 Å². The summed E-state index contributed by atoms with van der Waals surface area (Å²) >= 11 is 0. The number of anilines is 1. The lowest BCUT2D eigenvalue weighted by atomic mass is 9.96. The van der Waals surface area contributed by atoms with Gasteiger partial charge in [0.1, 0.15) is 17.4 Å². The molecular weight excluding hydrogens is 411 g/mol. The first-order valence-electron chi connectivity index (χ1n) is 9.72. The van der Waals surface area contributed by atoms with Gasteiger partial charge < -0.3 is 15.8 Å². The number of nitrogens with zero attached hydrogens (tertiary/aromatic N) is 2. The Kier molecular flexibility index (Phi) is 7.01. The summed E-state index contributed by atoms with van der Waals surface area (Å²) in [6.07, 6.45) is 3.95. The number of halogens is 3. The molecular formula is C21H24F3N5O2. The minimum atomic E-state index is -3.04. The number of allylic oxidation sites excluding steroid dienone is 1. The lowest BCUT2D eigenvalue weighted by Crippen LogP contribution is -2.44. The third kappa shape index (κ3) is 5.88. The number of pyridine rings is 1. The number of carbonyl (C=O) groups is 1. The number of carbonyl (C=O) groups excluding carboxylic acids is 1. The van der Waals surface area contributed by atoms with Crippen molar-refractivity contribution in [2.45, 2.75) is 45.3 Å². The number of amides is 1. The minimum Gasteiger partial charge on any atom is -0.435 e. The van der Waals surface area contributed by atoms with E-state index in [-0.39, 0.29) is 24.1 Å². The van der Waals surface area contributed by atoms with Crippen LogP contribution < -0.4 is 26.6 Å². The van der Waals surface area contributed by atoms with Gasteiger partial charge in [-0.1, -0.05) is 0 Å². The first-order valence-corrected chi connectivity index (χ1v) is 9.72. The average molecular weight is 435 g/mol. The van der Waals surface area contributed by atoms with E-state index in [2.05, 4.69) is 15.0 Å². The number of aromatic nitrogens is 1. The highest BCUT2D eigenvalue weighted by atomic mass is 19.3. The van der Waals surface area contributed by atoms with Crippen LogP contribution >= 0.6 is 0 Å². The molecule has 1 unspecified atom stereocenters. The second-order valence-electron chi connectivity index (χ2n) is 7.29. The van der Waals surface area contributed by atoms with Crippen molar-refractivity contribution >= 4 is 11.7 Å². The molecule has 0 spiro atoms. The summed E-state index contributed by atoms with van der Waals surface area (Å²) in [6.45, 7) is -1.61. The van der Waals surface area contributed by atoms with E-state index in [1.54, 1.807) is 18.3 Å². The summed E-state index contributed by atoms with van der Waals surface area (Å²) in [5, 5.41) is 4.19. The van der Waals surface area contributed by atoms with Crippen molar-refractivity contribution in [1.29, 1.82) is 0 Å². The Balaban J connectivity index is 1.82. The zero-order valence-corrected chi connectivity index (χ0v) is 16.9. The van der Waals surface area contributed by atoms with Crippen molar-refractivity contribution in [3.63, 3.8) is 0 Å². The predicted molar refractivity (Wildman–Crippen MR) is 109 cm³/mol. The Labute approximate surface area is 177 Å². The maximum absolute atomic E-state index is 13.8. The molecule has 1 heterocycles. The fourth-order valence-corrected chi connectivity index (χ4v) is 3.60. The van der Waals surface area contributed by atoms with Crippen LogP contribution in [0.15, 0.2) is 47.9 Å². The van der Waals surface area contributed by atoms with E-state index < -0.39 is 12.4 Å². The van der Waals surface area contributed by atoms with Crippen LogP contribution in [0.2, 0.25) is 0 Å². The van der Waals surface area contributed by atoms with Crippen molar-refractivity contribution in [3.05, 3.63) is 64.9 Å². The van der Waals surface area contributed by atoms with Gasteiger partial charge in [-0.2, -0.15) is 8.78 Å². The molecule has 0 radical (unpaired) electrons. The second-order valence-corrected chi connectivity index (χ2v) is 7.29. The van der Waals surface area contributed by atoms with E-state index in [4.69, 9.17) is 11.6 Å². The minimum absolute atomic E-state index is 0.178. The van der Waals surface area contributed by atoms with Crippen molar-refractivity contribution < 1.29 is 22.7 Å². The lowest BCUT2D eigenvalue weighted by molar-refractivity contribution is -0.119. The molecule has 31 heavy (non-hydrogen) atoms. The molecule has 5 N–H and O–H groups in total. The standard InChI is InChI=1S/C21H24F3N5O2/c1-12(30)28-17-3-2-4-18(20(17)25)29(26)19-10-13(5-6-27-19)7-14-8-15(22)11-16(9-14)31-21(23)24/h5-6,8-11,17,21H,2-4,7,25-26H2,1H3,(H,28,30). The van der Waals surface area contributed by atoms with Gasteiger partial charge in [-0.15, -0.1) is 0 Å². The number of hydrazine groups is 1. The van der Waals surface area contributed by atoms with Gasteiger partial charge in [-0.3, -0.25) is 9.80 Å². The third-order valence-corrected chi connectivity index (χ3v) is 4.90. The molecule has 2 aromatic rings. The van der Waals surface area contributed by atoms with Crippen LogP contribution in [0.5, 0.6) is 5.75 Å². The monoisotopic (exact) mass is 435 g/mol. The molecule has 1 aliphatic carbocycles. The first-order chi connectivity index (χ1) is 14.7. The summed E-state index contributed by atoms with van der Waals surface area (Å²) in [5.41, 5.74) is 8.58. The van der Waals surface area contributed by atoms with E-state index in [0.717, 1.165) is 24.5 Å². The molecule has 0 fully saturated rings. The van der Waals surface area contributed by atoms with Crippen molar-refractivity contribution in [2.24, 2.45) is 11.6 Å². The lowest BCUT2D eigenvalue weighted by Gasteiger charge is -2.31. The van der Waals surface area contributed by atoms with Crippen LogP contribution in [0.4, 0.5) is 19.0 Å². The topological polar surface area (TPSA) is 106 Å². The van der Waals surface area contributed by atoms with E-state index in [1.807, 2.05) is 0 Å². The largest absolute Gasteiger partial charge is 0.435 e.